The Morgan fingerprint density at radius 2 is 1.81 bits per heavy atom. The second-order valence-electron chi connectivity index (χ2n) is 7.51. The fourth-order valence-corrected chi connectivity index (χ4v) is 5.38. The van der Waals surface area contributed by atoms with Crippen LogP contribution in [0.2, 0.25) is 15.1 Å². The van der Waals surface area contributed by atoms with Crippen LogP contribution in [0.5, 0.6) is 5.75 Å². The minimum Gasteiger partial charge on any atom is -0.488 e. The van der Waals surface area contributed by atoms with Crippen molar-refractivity contribution in [3.63, 3.8) is 0 Å². The van der Waals surface area contributed by atoms with Crippen molar-refractivity contribution in [3.05, 3.63) is 95.3 Å². The number of ether oxygens (including phenoxy) is 1. The number of amides is 3. The number of imide groups is 1. The zero-order valence-electron chi connectivity index (χ0n) is 18.3. The first kappa shape index (κ1) is 26.8. The third-order valence-electron chi connectivity index (χ3n) is 4.98. The molecule has 3 aromatic carbocycles. The van der Waals surface area contributed by atoms with Crippen molar-refractivity contribution in [2.24, 2.45) is 0 Å². The van der Waals surface area contributed by atoms with E-state index in [9.17, 15) is 14.4 Å². The molecule has 4 rings (SSSR count). The van der Waals surface area contributed by atoms with E-state index in [1.54, 1.807) is 60.7 Å². The lowest BCUT2D eigenvalue weighted by Gasteiger charge is -2.13. The minimum atomic E-state index is -0.535. The Labute approximate surface area is 240 Å². The maximum atomic E-state index is 12.8. The van der Waals surface area contributed by atoms with E-state index < -0.39 is 23.6 Å². The molecule has 1 aliphatic rings. The van der Waals surface area contributed by atoms with Crippen LogP contribution >= 0.6 is 69.2 Å². The summed E-state index contributed by atoms with van der Waals surface area (Å²) in [7, 11) is 0. The van der Waals surface area contributed by atoms with E-state index in [0.717, 1.165) is 25.8 Å². The molecule has 0 radical (unpaired) electrons. The number of nitrogens with zero attached hydrogens (tertiary/aromatic N) is 1. The lowest BCUT2D eigenvalue weighted by molar-refractivity contribution is -0.127. The summed E-state index contributed by atoms with van der Waals surface area (Å²) in [5, 5.41) is 3.52. The molecule has 3 amide bonds. The summed E-state index contributed by atoms with van der Waals surface area (Å²) in [6.45, 7) is -0.148. The van der Waals surface area contributed by atoms with E-state index in [0.29, 0.717) is 32.1 Å². The number of nitrogens with one attached hydrogen (secondary N) is 1. The zero-order valence-corrected chi connectivity index (χ0v) is 23.5. The molecule has 1 heterocycles. The molecule has 0 bridgehead atoms. The van der Waals surface area contributed by atoms with Gasteiger partial charge in [0.25, 0.3) is 11.1 Å². The topological polar surface area (TPSA) is 75.7 Å². The van der Waals surface area contributed by atoms with Gasteiger partial charge in [-0.05, 0) is 82.4 Å². The highest BCUT2D eigenvalue weighted by molar-refractivity contribution is 14.1. The highest BCUT2D eigenvalue weighted by Gasteiger charge is 2.36. The SMILES string of the molecule is O=C(CN1C(=O)S/C(=C/c2ccc(OCc3ccc(Cl)cc3Cl)c(I)c2)C1=O)Nc1ccccc1Cl. The predicted molar refractivity (Wildman–Crippen MR) is 153 cm³/mol. The van der Waals surface area contributed by atoms with Crippen LogP contribution in [-0.4, -0.2) is 28.5 Å². The molecule has 0 spiro atoms. The summed E-state index contributed by atoms with van der Waals surface area (Å²) < 4.78 is 6.69. The van der Waals surface area contributed by atoms with Crippen LogP contribution < -0.4 is 10.1 Å². The van der Waals surface area contributed by atoms with Crippen LogP contribution in [0.25, 0.3) is 6.08 Å². The molecule has 1 saturated heterocycles. The maximum absolute atomic E-state index is 12.8. The first-order valence-electron chi connectivity index (χ1n) is 10.4. The number of benzene rings is 3. The fraction of sp³-hybridized carbons (Fsp3) is 0.0800. The molecule has 36 heavy (non-hydrogen) atoms. The number of anilines is 1. The van der Waals surface area contributed by atoms with Gasteiger partial charge < -0.3 is 10.1 Å². The van der Waals surface area contributed by atoms with Gasteiger partial charge in [0.1, 0.15) is 18.9 Å². The molecule has 0 aliphatic carbocycles. The van der Waals surface area contributed by atoms with E-state index in [2.05, 4.69) is 27.9 Å². The molecule has 0 atom stereocenters. The van der Waals surface area contributed by atoms with Gasteiger partial charge in [0, 0.05) is 15.6 Å². The Balaban J connectivity index is 1.41. The van der Waals surface area contributed by atoms with Gasteiger partial charge in [0.15, 0.2) is 0 Å². The van der Waals surface area contributed by atoms with Crippen molar-refractivity contribution in [2.75, 3.05) is 11.9 Å². The third-order valence-corrected chi connectivity index (χ3v) is 7.64. The Hall–Kier alpha value is -2.24. The predicted octanol–water partition coefficient (Wildman–Crippen LogP) is 7.51. The molecule has 0 unspecified atom stereocenters. The van der Waals surface area contributed by atoms with Crippen molar-refractivity contribution in [1.29, 1.82) is 0 Å². The van der Waals surface area contributed by atoms with E-state index in [1.807, 2.05) is 6.07 Å². The van der Waals surface area contributed by atoms with Crippen LogP contribution in [0.15, 0.2) is 65.6 Å². The zero-order chi connectivity index (χ0) is 25.8. The minimum absolute atomic E-state index is 0.225. The van der Waals surface area contributed by atoms with Gasteiger partial charge in [-0.3, -0.25) is 19.3 Å². The van der Waals surface area contributed by atoms with E-state index >= 15 is 0 Å². The highest BCUT2D eigenvalue weighted by atomic mass is 127. The molecule has 6 nitrogen and oxygen atoms in total. The second kappa shape index (κ2) is 11.9. The number of hydrogen-bond donors (Lipinski definition) is 1. The molecule has 0 saturated carbocycles. The highest BCUT2D eigenvalue weighted by Crippen LogP contribution is 2.33. The number of para-hydroxylation sites is 1. The second-order valence-corrected chi connectivity index (χ2v) is 10.9. The average molecular weight is 674 g/mol. The standard InChI is InChI=1S/C25H16Cl3IN2O4S/c26-16-7-6-15(18(28)11-16)13-35-21-8-5-14(9-19(21)29)10-22-24(33)31(25(34)36-22)12-23(32)30-20-4-2-1-3-17(20)27/h1-11H,12-13H2,(H,30,32)/b22-10+. The molecule has 1 aliphatic heterocycles. The lowest BCUT2D eigenvalue weighted by atomic mass is 10.2. The van der Waals surface area contributed by atoms with E-state index in [4.69, 9.17) is 39.5 Å². The van der Waals surface area contributed by atoms with Crippen molar-refractivity contribution in [3.8, 4) is 5.75 Å². The quantitative estimate of drug-likeness (QED) is 0.208. The molecule has 3 aromatic rings. The van der Waals surface area contributed by atoms with Crippen molar-refractivity contribution >= 4 is 98.0 Å². The summed E-state index contributed by atoms with van der Waals surface area (Å²) in [6.07, 6.45) is 1.61. The number of halogens is 4. The van der Waals surface area contributed by atoms with Crippen LogP contribution in [0, 0.1) is 3.57 Å². The first-order valence-corrected chi connectivity index (χ1v) is 13.4. The molecule has 184 valence electrons. The largest absolute Gasteiger partial charge is 0.488 e. The van der Waals surface area contributed by atoms with Gasteiger partial charge >= 0.3 is 0 Å². The van der Waals surface area contributed by atoms with Gasteiger partial charge in [-0.25, -0.2) is 0 Å². The number of rotatable bonds is 7. The monoisotopic (exact) mass is 672 g/mol. The molecule has 11 heteroatoms. The number of carbonyl (C=O) groups excluding carboxylic acids is 3. The smallest absolute Gasteiger partial charge is 0.294 e. The molecular formula is C25H16Cl3IN2O4S. The first-order chi connectivity index (χ1) is 17.2. The molecule has 1 fully saturated rings. The van der Waals surface area contributed by atoms with Crippen LogP contribution in [0.1, 0.15) is 11.1 Å². The Bertz CT molecular complexity index is 1400. The molecule has 0 aromatic heterocycles. The number of carbonyl (C=O) groups is 3. The van der Waals surface area contributed by atoms with Gasteiger partial charge in [0.2, 0.25) is 5.91 Å². The summed E-state index contributed by atoms with van der Waals surface area (Å²) in [5.74, 6) is -0.418. The number of thioether (sulfide) groups is 1. The van der Waals surface area contributed by atoms with Gasteiger partial charge in [-0.15, -0.1) is 0 Å². The number of hydrogen-bond acceptors (Lipinski definition) is 5. The Morgan fingerprint density at radius 1 is 1.03 bits per heavy atom. The van der Waals surface area contributed by atoms with Crippen molar-refractivity contribution in [2.45, 2.75) is 6.61 Å². The summed E-state index contributed by atoms with van der Waals surface area (Å²) in [4.78, 5) is 38.7. The van der Waals surface area contributed by atoms with Crippen molar-refractivity contribution < 1.29 is 19.1 Å². The van der Waals surface area contributed by atoms with Gasteiger partial charge in [-0.1, -0.05) is 59.1 Å². The van der Waals surface area contributed by atoms with E-state index in [1.165, 1.54) is 0 Å². The van der Waals surface area contributed by atoms with Crippen LogP contribution in [0.3, 0.4) is 0 Å². The van der Waals surface area contributed by atoms with Crippen LogP contribution in [0.4, 0.5) is 10.5 Å². The Kier molecular flexibility index (Phi) is 8.84. The normalized spacial score (nSPS) is 14.4. The molecular weight excluding hydrogens is 658 g/mol. The van der Waals surface area contributed by atoms with Gasteiger partial charge in [0.05, 0.1) is 19.2 Å². The van der Waals surface area contributed by atoms with Crippen molar-refractivity contribution in [1.82, 2.24) is 4.90 Å². The maximum Gasteiger partial charge on any atom is 0.294 e. The van der Waals surface area contributed by atoms with E-state index in [-0.39, 0.29) is 11.5 Å². The fourth-order valence-electron chi connectivity index (χ4n) is 3.20. The van der Waals surface area contributed by atoms with Gasteiger partial charge in [-0.2, -0.15) is 0 Å². The summed E-state index contributed by atoms with van der Waals surface area (Å²) >= 11 is 21.1. The summed E-state index contributed by atoms with van der Waals surface area (Å²) in [5.41, 5.74) is 1.91. The lowest BCUT2D eigenvalue weighted by Crippen LogP contribution is -2.36. The molecule has 1 N–H and O–H groups in total. The third kappa shape index (κ3) is 6.54. The summed E-state index contributed by atoms with van der Waals surface area (Å²) in [6, 6.07) is 17.3. The van der Waals surface area contributed by atoms with Crippen LogP contribution in [-0.2, 0) is 16.2 Å². The average Bonchev–Trinajstić information content (AvgIpc) is 3.08. The Morgan fingerprint density at radius 3 is 2.53 bits per heavy atom.